The van der Waals surface area contributed by atoms with Gasteiger partial charge < -0.3 is 15.4 Å². The highest BCUT2D eigenvalue weighted by molar-refractivity contribution is 5.85. The van der Waals surface area contributed by atoms with Crippen LogP contribution in [0.15, 0.2) is 0 Å². The average Bonchev–Trinajstić information content (AvgIpc) is 2.29. The molecule has 0 spiro atoms. The molecule has 2 N–H and O–H groups in total. The summed E-state index contributed by atoms with van der Waals surface area (Å²) in [5, 5.41) is 13.4. The fraction of sp³-hybridized carbons (Fsp3) is 0.769. The molecule has 0 aliphatic carbocycles. The number of unbranched alkanes of at least 4 members (excludes halogenated alkanes) is 1. The Kier molecular flexibility index (Phi) is 7.57. The van der Waals surface area contributed by atoms with Crippen molar-refractivity contribution in [2.75, 3.05) is 6.54 Å². The Morgan fingerprint density at radius 3 is 2.47 bits per heavy atom. The Hall–Kier alpha value is -1.77. The minimum Gasteiger partial charge on any atom is -0.444 e. The normalized spacial score (nSPS) is 12.2. The van der Waals surface area contributed by atoms with Crippen molar-refractivity contribution in [3.63, 3.8) is 0 Å². The minimum atomic E-state index is -0.664. The van der Waals surface area contributed by atoms with Gasteiger partial charge in [0.05, 0.1) is 6.07 Å². The number of nitriles is 1. The van der Waals surface area contributed by atoms with Crippen LogP contribution in [0.1, 0.15) is 47.0 Å². The lowest BCUT2D eigenvalue weighted by molar-refractivity contribution is -0.123. The van der Waals surface area contributed by atoms with Gasteiger partial charge in [-0.3, -0.25) is 4.79 Å². The summed E-state index contributed by atoms with van der Waals surface area (Å²) in [7, 11) is 0. The Labute approximate surface area is 114 Å². The standard InChI is InChI=1S/C13H23N3O3/c1-5-6-7-10(11(17)15-9-8-14)16-12(18)19-13(2,3)4/h10H,5-7,9H2,1-4H3,(H,15,17)(H,16,18)/t10-/m0/s1. The Bertz CT molecular complexity index is 342. The molecule has 0 aliphatic heterocycles. The van der Waals surface area contributed by atoms with Gasteiger partial charge in [0.2, 0.25) is 5.91 Å². The third-order valence-electron chi connectivity index (χ3n) is 2.20. The summed E-state index contributed by atoms with van der Waals surface area (Å²) in [4.78, 5) is 23.4. The second-order valence-electron chi connectivity index (χ2n) is 5.22. The first-order chi connectivity index (χ1) is 8.80. The predicted molar refractivity (Wildman–Crippen MR) is 71.3 cm³/mol. The monoisotopic (exact) mass is 269 g/mol. The van der Waals surface area contributed by atoms with E-state index in [0.717, 1.165) is 12.8 Å². The van der Waals surface area contributed by atoms with Gasteiger partial charge in [0, 0.05) is 0 Å². The summed E-state index contributed by atoms with van der Waals surface area (Å²) in [6.07, 6.45) is 1.62. The summed E-state index contributed by atoms with van der Waals surface area (Å²) in [5.74, 6) is -0.360. The van der Waals surface area contributed by atoms with Crippen molar-refractivity contribution in [1.82, 2.24) is 10.6 Å². The van der Waals surface area contributed by atoms with E-state index in [1.54, 1.807) is 20.8 Å². The van der Waals surface area contributed by atoms with Crippen LogP contribution >= 0.6 is 0 Å². The van der Waals surface area contributed by atoms with Crippen molar-refractivity contribution in [1.29, 1.82) is 5.26 Å². The molecule has 0 saturated carbocycles. The van der Waals surface area contributed by atoms with Gasteiger partial charge in [-0.2, -0.15) is 5.26 Å². The van der Waals surface area contributed by atoms with Crippen LogP contribution in [0.3, 0.4) is 0 Å². The topological polar surface area (TPSA) is 91.2 Å². The second kappa shape index (κ2) is 8.35. The van der Waals surface area contributed by atoms with Crippen LogP contribution in [0.2, 0.25) is 0 Å². The van der Waals surface area contributed by atoms with Crippen LogP contribution in [0, 0.1) is 11.3 Å². The van der Waals surface area contributed by atoms with Crippen LogP contribution in [0.25, 0.3) is 0 Å². The summed E-state index contributed by atoms with van der Waals surface area (Å²) in [5.41, 5.74) is -0.609. The molecule has 0 radical (unpaired) electrons. The molecule has 0 fully saturated rings. The van der Waals surface area contributed by atoms with Gasteiger partial charge in [-0.05, 0) is 27.2 Å². The molecule has 6 heteroatoms. The van der Waals surface area contributed by atoms with E-state index < -0.39 is 17.7 Å². The lowest BCUT2D eigenvalue weighted by Gasteiger charge is -2.23. The highest BCUT2D eigenvalue weighted by Gasteiger charge is 2.23. The van der Waals surface area contributed by atoms with Crippen molar-refractivity contribution in [3.05, 3.63) is 0 Å². The molecule has 6 nitrogen and oxygen atoms in total. The predicted octanol–water partition coefficient (Wildman–Crippen LogP) is 1.71. The van der Waals surface area contributed by atoms with E-state index in [1.165, 1.54) is 0 Å². The largest absolute Gasteiger partial charge is 0.444 e. The fourth-order valence-electron chi connectivity index (χ4n) is 1.38. The van der Waals surface area contributed by atoms with Gasteiger partial charge in [0.1, 0.15) is 18.2 Å². The summed E-state index contributed by atoms with van der Waals surface area (Å²) in [6, 6.07) is 1.16. The van der Waals surface area contributed by atoms with Gasteiger partial charge in [-0.1, -0.05) is 19.8 Å². The van der Waals surface area contributed by atoms with E-state index in [0.29, 0.717) is 6.42 Å². The number of carbonyl (C=O) groups is 2. The molecule has 0 rings (SSSR count). The van der Waals surface area contributed by atoms with Gasteiger partial charge in [-0.25, -0.2) is 4.79 Å². The number of ether oxygens (including phenoxy) is 1. The fourth-order valence-corrected chi connectivity index (χ4v) is 1.38. The number of nitrogens with zero attached hydrogens (tertiary/aromatic N) is 1. The number of amides is 2. The van der Waals surface area contributed by atoms with Gasteiger partial charge in [0.25, 0.3) is 0 Å². The van der Waals surface area contributed by atoms with Crippen molar-refractivity contribution >= 4 is 12.0 Å². The molecule has 0 aromatic heterocycles. The number of alkyl carbamates (subject to hydrolysis) is 1. The first-order valence-electron chi connectivity index (χ1n) is 6.44. The molecule has 19 heavy (non-hydrogen) atoms. The van der Waals surface area contributed by atoms with E-state index in [2.05, 4.69) is 10.6 Å². The SMILES string of the molecule is CCCC[C@H](NC(=O)OC(C)(C)C)C(=O)NCC#N. The minimum absolute atomic E-state index is 0.0720. The zero-order chi connectivity index (χ0) is 14.9. The average molecular weight is 269 g/mol. The lowest BCUT2D eigenvalue weighted by atomic mass is 10.1. The number of hydrogen-bond donors (Lipinski definition) is 2. The van der Waals surface area contributed by atoms with Crippen molar-refractivity contribution in [3.8, 4) is 6.07 Å². The van der Waals surface area contributed by atoms with Crippen LogP contribution < -0.4 is 10.6 Å². The quantitative estimate of drug-likeness (QED) is 0.718. The van der Waals surface area contributed by atoms with E-state index in [1.807, 2.05) is 13.0 Å². The Morgan fingerprint density at radius 1 is 1.37 bits per heavy atom. The second-order valence-corrected chi connectivity index (χ2v) is 5.22. The highest BCUT2D eigenvalue weighted by Crippen LogP contribution is 2.08. The maximum atomic E-state index is 11.8. The first kappa shape index (κ1) is 17.2. The molecule has 2 amide bonds. The molecule has 108 valence electrons. The molecular weight excluding hydrogens is 246 g/mol. The molecule has 1 atom stereocenters. The van der Waals surface area contributed by atoms with E-state index >= 15 is 0 Å². The van der Waals surface area contributed by atoms with Gasteiger partial charge >= 0.3 is 6.09 Å². The third kappa shape index (κ3) is 8.89. The molecule has 0 aliphatic rings. The Morgan fingerprint density at radius 2 is 2.00 bits per heavy atom. The number of rotatable bonds is 6. The molecular formula is C13H23N3O3. The summed E-state index contributed by atoms with van der Waals surface area (Å²) in [6.45, 7) is 7.19. The smallest absolute Gasteiger partial charge is 0.408 e. The first-order valence-corrected chi connectivity index (χ1v) is 6.44. The zero-order valence-corrected chi connectivity index (χ0v) is 12.1. The van der Waals surface area contributed by atoms with Crippen LogP contribution in [0.5, 0.6) is 0 Å². The van der Waals surface area contributed by atoms with E-state index in [-0.39, 0.29) is 12.5 Å². The van der Waals surface area contributed by atoms with E-state index in [9.17, 15) is 9.59 Å². The number of carbonyl (C=O) groups excluding carboxylic acids is 2. The molecule has 0 heterocycles. The summed E-state index contributed by atoms with van der Waals surface area (Å²) >= 11 is 0. The molecule has 0 aromatic carbocycles. The molecule has 0 bridgehead atoms. The van der Waals surface area contributed by atoms with Crippen molar-refractivity contribution < 1.29 is 14.3 Å². The van der Waals surface area contributed by atoms with Crippen molar-refractivity contribution in [2.24, 2.45) is 0 Å². The number of hydrogen-bond acceptors (Lipinski definition) is 4. The maximum absolute atomic E-state index is 11.8. The maximum Gasteiger partial charge on any atom is 0.408 e. The van der Waals surface area contributed by atoms with E-state index in [4.69, 9.17) is 10.00 Å². The number of nitrogens with one attached hydrogen (secondary N) is 2. The molecule has 0 unspecified atom stereocenters. The Balaban J connectivity index is 4.46. The zero-order valence-electron chi connectivity index (χ0n) is 12.1. The molecule has 0 saturated heterocycles. The van der Waals surface area contributed by atoms with Crippen LogP contribution in [-0.4, -0.2) is 30.2 Å². The third-order valence-corrected chi connectivity index (χ3v) is 2.20. The van der Waals surface area contributed by atoms with Crippen LogP contribution in [-0.2, 0) is 9.53 Å². The highest BCUT2D eigenvalue weighted by atomic mass is 16.6. The van der Waals surface area contributed by atoms with Gasteiger partial charge in [-0.15, -0.1) is 0 Å². The molecule has 0 aromatic rings. The van der Waals surface area contributed by atoms with Crippen LogP contribution in [0.4, 0.5) is 4.79 Å². The van der Waals surface area contributed by atoms with Crippen molar-refractivity contribution in [2.45, 2.75) is 58.6 Å². The van der Waals surface area contributed by atoms with Gasteiger partial charge in [0.15, 0.2) is 0 Å². The summed E-state index contributed by atoms with van der Waals surface area (Å²) < 4.78 is 5.11. The lowest BCUT2D eigenvalue weighted by Crippen LogP contribution is -2.48.